The molecule has 0 radical (unpaired) electrons. The van der Waals surface area contributed by atoms with E-state index in [1.165, 1.54) is 0 Å². The van der Waals surface area contributed by atoms with E-state index in [1.54, 1.807) is 30.1 Å². The first-order chi connectivity index (χ1) is 15.5. The number of rotatable bonds is 5. The second kappa shape index (κ2) is 8.49. The molecule has 0 unspecified atom stereocenters. The molecule has 3 N–H and O–H groups in total. The van der Waals surface area contributed by atoms with Crippen molar-refractivity contribution in [3.63, 3.8) is 0 Å². The van der Waals surface area contributed by atoms with Gasteiger partial charge in [-0.15, -0.1) is 0 Å². The van der Waals surface area contributed by atoms with E-state index in [2.05, 4.69) is 21.4 Å². The average molecular weight is 426 g/mol. The number of aryl methyl sites for hydroxylation is 2. The summed E-state index contributed by atoms with van der Waals surface area (Å²) in [5.74, 6) is 0.718. The van der Waals surface area contributed by atoms with Gasteiger partial charge in [-0.3, -0.25) is 9.48 Å². The SMILES string of the molecule is COc1cc(/C(C#N)=C/c2c(-c3ccc4c(=O)[nH]nc(CN)c4c3)cnn2C)ccc1C. The number of ether oxygens (including phenoxy) is 1. The number of nitrogens with zero attached hydrogens (tertiary/aromatic N) is 4. The number of benzene rings is 2. The molecule has 0 spiro atoms. The summed E-state index contributed by atoms with van der Waals surface area (Å²) in [5.41, 5.74) is 10.8. The molecule has 0 aliphatic rings. The topological polar surface area (TPSA) is 123 Å². The largest absolute Gasteiger partial charge is 0.496 e. The van der Waals surface area contributed by atoms with Crippen molar-refractivity contribution in [3.8, 4) is 22.9 Å². The maximum absolute atomic E-state index is 12.2. The highest BCUT2D eigenvalue weighted by molar-refractivity contribution is 5.94. The van der Waals surface area contributed by atoms with Crippen molar-refractivity contribution in [2.75, 3.05) is 7.11 Å². The van der Waals surface area contributed by atoms with Gasteiger partial charge >= 0.3 is 0 Å². The number of H-pyrrole nitrogens is 1. The molecule has 4 rings (SSSR count). The predicted octanol–water partition coefficient (Wildman–Crippen LogP) is 3.16. The summed E-state index contributed by atoms with van der Waals surface area (Å²) in [4.78, 5) is 12.2. The Hall–Kier alpha value is -4.22. The minimum atomic E-state index is -0.268. The molecule has 2 aromatic heterocycles. The van der Waals surface area contributed by atoms with Gasteiger partial charge in [0, 0.05) is 24.5 Å². The Morgan fingerprint density at radius 2 is 2.09 bits per heavy atom. The molecule has 0 saturated heterocycles. The summed E-state index contributed by atoms with van der Waals surface area (Å²) in [6, 6.07) is 13.4. The molecule has 2 heterocycles. The molecular weight excluding hydrogens is 404 g/mol. The van der Waals surface area contributed by atoms with Gasteiger partial charge in [-0.05, 0) is 47.9 Å². The number of nitriles is 1. The number of nitrogens with two attached hydrogens (primary N) is 1. The fourth-order valence-corrected chi connectivity index (χ4v) is 3.69. The Kier molecular flexibility index (Phi) is 5.58. The van der Waals surface area contributed by atoms with Crippen molar-refractivity contribution in [3.05, 3.63) is 75.5 Å². The number of aromatic nitrogens is 4. The van der Waals surface area contributed by atoms with E-state index >= 15 is 0 Å². The molecule has 8 nitrogen and oxygen atoms in total. The third-order valence-corrected chi connectivity index (χ3v) is 5.48. The van der Waals surface area contributed by atoms with Crippen LogP contribution >= 0.6 is 0 Å². The lowest BCUT2D eigenvalue weighted by Gasteiger charge is -2.09. The minimum absolute atomic E-state index is 0.199. The highest BCUT2D eigenvalue weighted by atomic mass is 16.5. The van der Waals surface area contributed by atoms with Crippen LogP contribution in [0.25, 0.3) is 33.5 Å². The summed E-state index contributed by atoms with van der Waals surface area (Å²) >= 11 is 0. The van der Waals surface area contributed by atoms with Crippen LogP contribution in [0.3, 0.4) is 0 Å². The lowest BCUT2D eigenvalue weighted by atomic mass is 9.99. The number of hydrogen-bond donors (Lipinski definition) is 2. The van der Waals surface area contributed by atoms with Gasteiger partial charge in [0.25, 0.3) is 5.56 Å². The summed E-state index contributed by atoms with van der Waals surface area (Å²) in [6.07, 6.45) is 3.54. The molecule has 0 saturated carbocycles. The third kappa shape index (κ3) is 3.66. The van der Waals surface area contributed by atoms with Crippen LogP contribution < -0.4 is 16.0 Å². The first-order valence-electron chi connectivity index (χ1n) is 9.97. The molecule has 0 amide bonds. The Morgan fingerprint density at radius 3 is 2.81 bits per heavy atom. The molecule has 0 aliphatic heterocycles. The smallest absolute Gasteiger partial charge is 0.272 e. The number of methoxy groups -OCH3 is 1. The van der Waals surface area contributed by atoms with Crippen LogP contribution in [0.5, 0.6) is 5.75 Å². The van der Waals surface area contributed by atoms with Gasteiger partial charge < -0.3 is 10.5 Å². The molecule has 4 aromatic rings. The summed E-state index contributed by atoms with van der Waals surface area (Å²) in [5, 5.41) is 22.0. The molecule has 0 fully saturated rings. The predicted molar refractivity (Wildman–Crippen MR) is 124 cm³/mol. The van der Waals surface area contributed by atoms with E-state index in [9.17, 15) is 10.1 Å². The summed E-state index contributed by atoms with van der Waals surface area (Å²) < 4.78 is 7.12. The van der Waals surface area contributed by atoms with Crippen LogP contribution in [0.2, 0.25) is 0 Å². The van der Waals surface area contributed by atoms with Crippen LogP contribution in [0.1, 0.15) is 22.5 Å². The van der Waals surface area contributed by atoms with Gasteiger partial charge in [0.05, 0.1) is 41.7 Å². The molecule has 8 heteroatoms. The first-order valence-corrected chi connectivity index (χ1v) is 9.97. The fraction of sp³-hybridized carbons (Fsp3) is 0.167. The number of hydrogen-bond acceptors (Lipinski definition) is 6. The average Bonchev–Trinajstić information content (AvgIpc) is 3.18. The monoisotopic (exact) mass is 426 g/mol. The van der Waals surface area contributed by atoms with Gasteiger partial charge in [-0.2, -0.15) is 15.5 Å². The van der Waals surface area contributed by atoms with E-state index in [0.29, 0.717) is 22.0 Å². The summed E-state index contributed by atoms with van der Waals surface area (Å²) in [7, 11) is 3.43. The van der Waals surface area contributed by atoms with Gasteiger partial charge in [0.2, 0.25) is 0 Å². The maximum Gasteiger partial charge on any atom is 0.272 e. The minimum Gasteiger partial charge on any atom is -0.496 e. The second-order valence-corrected chi connectivity index (χ2v) is 7.39. The molecule has 0 atom stereocenters. The number of nitrogens with one attached hydrogen (secondary N) is 1. The van der Waals surface area contributed by atoms with E-state index in [4.69, 9.17) is 10.5 Å². The molecule has 0 bridgehead atoms. The van der Waals surface area contributed by atoms with Crippen molar-refractivity contribution in [1.29, 1.82) is 5.26 Å². The number of fused-ring (bicyclic) bond motifs is 1. The lowest BCUT2D eigenvalue weighted by Crippen LogP contribution is -2.13. The van der Waals surface area contributed by atoms with Gasteiger partial charge in [0.15, 0.2) is 0 Å². The van der Waals surface area contributed by atoms with E-state index in [-0.39, 0.29) is 12.1 Å². The third-order valence-electron chi connectivity index (χ3n) is 5.48. The van der Waals surface area contributed by atoms with E-state index < -0.39 is 0 Å². The Balaban J connectivity index is 1.87. The van der Waals surface area contributed by atoms with Crippen LogP contribution in [0.15, 0.2) is 47.4 Å². The Morgan fingerprint density at radius 1 is 1.28 bits per heavy atom. The molecule has 32 heavy (non-hydrogen) atoms. The summed E-state index contributed by atoms with van der Waals surface area (Å²) in [6.45, 7) is 2.15. The van der Waals surface area contributed by atoms with Gasteiger partial charge in [-0.25, -0.2) is 5.10 Å². The van der Waals surface area contributed by atoms with Crippen molar-refractivity contribution < 1.29 is 4.74 Å². The Labute approximate surface area is 184 Å². The zero-order chi connectivity index (χ0) is 22.8. The van der Waals surface area contributed by atoms with Gasteiger partial charge in [0.1, 0.15) is 5.75 Å². The fourth-order valence-electron chi connectivity index (χ4n) is 3.69. The van der Waals surface area contributed by atoms with Crippen LogP contribution in [-0.2, 0) is 13.6 Å². The second-order valence-electron chi connectivity index (χ2n) is 7.39. The van der Waals surface area contributed by atoms with Crippen molar-refractivity contribution in [2.24, 2.45) is 12.8 Å². The quantitative estimate of drug-likeness (QED) is 0.473. The Bertz CT molecular complexity index is 1460. The van der Waals surface area contributed by atoms with Crippen LogP contribution in [0.4, 0.5) is 0 Å². The standard InChI is InChI=1S/C24H22N6O2/c1-14-4-5-15(10-23(14)32-3)17(11-25)9-22-20(13-27-30(22)2)16-6-7-18-19(8-16)21(12-26)28-29-24(18)31/h4-10,13H,12,26H2,1-3H3,(H,29,31)/b17-9+. The molecular formula is C24H22N6O2. The highest BCUT2D eigenvalue weighted by Gasteiger charge is 2.14. The van der Waals surface area contributed by atoms with E-state index in [1.807, 2.05) is 44.3 Å². The van der Waals surface area contributed by atoms with Gasteiger partial charge in [-0.1, -0.05) is 18.2 Å². The lowest BCUT2D eigenvalue weighted by molar-refractivity contribution is 0.411. The normalized spacial score (nSPS) is 11.5. The zero-order valence-electron chi connectivity index (χ0n) is 18.0. The van der Waals surface area contributed by atoms with Crippen LogP contribution in [0, 0.1) is 18.3 Å². The van der Waals surface area contributed by atoms with E-state index in [0.717, 1.165) is 33.7 Å². The first kappa shape index (κ1) is 21.0. The number of aromatic amines is 1. The highest BCUT2D eigenvalue weighted by Crippen LogP contribution is 2.31. The molecule has 0 aliphatic carbocycles. The van der Waals surface area contributed by atoms with Crippen molar-refractivity contribution in [2.45, 2.75) is 13.5 Å². The number of allylic oxidation sites excluding steroid dienone is 1. The van der Waals surface area contributed by atoms with Crippen molar-refractivity contribution >= 4 is 22.4 Å². The molecule has 2 aromatic carbocycles. The zero-order valence-corrected chi connectivity index (χ0v) is 18.0. The van der Waals surface area contributed by atoms with Crippen LogP contribution in [-0.4, -0.2) is 27.1 Å². The maximum atomic E-state index is 12.2. The van der Waals surface area contributed by atoms with Crippen molar-refractivity contribution in [1.82, 2.24) is 20.0 Å². The molecule has 160 valence electrons.